The molecule has 0 unspecified atom stereocenters. The van der Waals surface area contributed by atoms with Gasteiger partial charge in [-0.05, 0) is 6.07 Å². The molecule has 84 valence electrons. The van der Waals surface area contributed by atoms with E-state index in [1.807, 2.05) is 0 Å². The zero-order chi connectivity index (χ0) is 12.3. The third-order valence-corrected chi connectivity index (χ3v) is 3.78. The molecule has 0 bridgehead atoms. The fourth-order valence-electron chi connectivity index (χ4n) is 1.13. The molecular weight excluding hydrogens is 232 g/mol. The van der Waals surface area contributed by atoms with Crippen LogP contribution < -0.4 is 0 Å². The van der Waals surface area contributed by atoms with Crippen molar-refractivity contribution in [1.29, 1.82) is 5.26 Å². The van der Waals surface area contributed by atoms with Crippen LogP contribution in [0.5, 0.6) is 0 Å². The van der Waals surface area contributed by atoms with Gasteiger partial charge in [0.1, 0.15) is 6.07 Å². The molecule has 0 aliphatic heterocycles. The average molecular weight is 240 g/mol. The Morgan fingerprint density at radius 2 is 2.12 bits per heavy atom. The Morgan fingerprint density at radius 3 is 2.56 bits per heavy atom. The van der Waals surface area contributed by atoms with Gasteiger partial charge in [0.25, 0.3) is 5.69 Å². The van der Waals surface area contributed by atoms with E-state index >= 15 is 0 Å². The molecule has 1 rings (SSSR count). The van der Waals surface area contributed by atoms with Gasteiger partial charge < -0.3 is 0 Å². The maximum Gasteiger partial charge on any atom is 0.270 e. The van der Waals surface area contributed by atoms with E-state index in [4.69, 9.17) is 5.26 Å². The molecule has 7 heteroatoms. The highest BCUT2D eigenvalue weighted by Crippen LogP contribution is 2.22. The molecule has 1 aromatic rings. The normalized spacial score (nSPS) is 10.8. The van der Waals surface area contributed by atoms with E-state index in [2.05, 4.69) is 0 Å². The predicted octanol–water partition coefficient (Wildman–Crippen LogP) is 1.26. The summed E-state index contributed by atoms with van der Waals surface area (Å²) < 4.78 is 23.2. The summed E-state index contributed by atoms with van der Waals surface area (Å²) in [6.07, 6.45) is 0. The summed E-state index contributed by atoms with van der Waals surface area (Å²) in [5.74, 6) is -0.206. The van der Waals surface area contributed by atoms with Crippen molar-refractivity contribution in [2.45, 2.75) is 11.8 Å². The van der Waals surface area contributed by atoms with E-state index in [1.54, 1.807) is 6.07 Å². The van der Waals surface area contributed by atoms with E-state index in [0.29, 0.717) is 0 Å². The molecule has 0 aliphatic rings. The molecule has 0 heterocycles. The summed E-state index contributed by atoms with van der Waals surface area (Å²) in [7, 11) is -3.62. The molecule has 0 N–H and O–H groups in total. The summed E-state index contributed by atoms with van der Waals surface area (Å²) in [4.78, 5) is 9.51. The zero-order valence-electron chi connectivity index (χ0n) is 8.37. The van der Waals surface area contributed by atoms with Gasteiger partial charge in [0.05, 0.1) is 21.1 Å². The van der Waals surface area contributed by atoms with Crippen LogP contribution in [0.3, 0.4) is 0 Å². The topological polar surface area (TPSA) is 101 Å². The molecule has 0 amide bonds. The van der Waals surface area contributed by atoms with Crippen LogP contribution in [0.25, 0.3) is 0 Å². The minimum absolute atomic E-state index is 0.0764. The number of hydrogen-bond donors (Lipinski definition) is 0. The van der Waals surface area contributed by atoms with Crippen molar-refractivity contribution in [2.75, 3.05) is 5.75 Å². The van der Waals surface area contributed by atoms with E-state index in [-0.39, 0.29) is 21.9 Å². The second-order valence-electron chi connectivity index (χ2n) is 2.95. The van der Waals surface area contributed by atoms with Crippen molar-refractivity contribution in [3.05, 3.63) is 33.9 Å². The first-order valence-corrected chi connectivity index (χ1v) is 5.99. The van der Waals surface area contributed by atoms with Crippen LogP contribution in [0.15, 0.2) is 23.1 Å². The lowest BCUT2D eigenvalue weighted by Gasteiger charge is -2.03. The van der Waals surface area contributed by atoms with Gasteiger partial charge in [-0.15, -0.1) is 0 Å². The number of non-ortho nitro benzene ring substituents is 1. The Kier molecular flexibility index (Phi) is 3.25. The predicted molar refractivity (Wildman–Crippen MR) is 55.5 cm³/mol. The Balaban J connectivity index is 3.53. The number of nitro groups is 1. The van der Waals surface area contributed by atoms with Gasteiger partial charge in [-0.2, -0.15) is 5.26 Å². The fraction of sp³-hybridized carbons (Fsp3) is 0.222. The Labute approximate surface area is 92.2 Å². The third kappa shape index (κ3) is 2.17. The number of nitriles is 1. The number of rotatable bonds is 3. The highest BCUT2D eigenvalue weighted by molar-refractivity contribution is 7.91. The van der Waals surface area contributed by atoms with Crippen LogP contribution in [-0.4, -0.2) is 19.1 Å². The lowest BCUT2D eigenvalue weighted by Crippen LogP contribution is -2.06. The molecule has 0 saturated carbocycles. The number of benzene rings is 1. The summed E-state index contributed by atoms with van der Waals surface area (Å²) in [6.45, 7) is 1.41. The lowest BCUT2D eigenvalue weighted by atomic mass is 10.2. The van der Waals surface area contributed by atoms with Crippen molar-refractivity contribution in [2.24, 2.45) is 0 Å². The second kappa shape index (κ2) is 4.28. The molecular formula is C9H8N2O4S. The van der Waals surface area contributed by atoms with Crippen molar-refractivity contribution in [1.82, 2.24) is 0 Å². The van der Waals surface area contributed by atoms with Gasteiger partial charge in [-0.1, -0.05) is 6.92 Å². The van der Waals surface area contributed by atoms with E-state index in [9.17, 15) is 18.5 Å². The van der Waals surface area contributed by atoms with E-state index < -0.39 is 14.8 Å². The fourth-order valence-corrected chi connectivity index (χ4v) is 2.19. The van der Waals surface area contributed by atoms with Crippen LogP contribution in [0.4, 0.5) is 5.69 Å². The lowest BCUT2D eigenvalue weighted by molar-refractivity contribution is -0.385. The summed E-state index contributed by atoms with van der Waals surface area (Å²) in [6, 6.07) is 4.86. The molecule has 1 aromatic carbocycles. The highest BCUT2D eigenvalue weighted by atomic mass is 32.2. The molecule has 0 radical (unpaired) electrons. The van der Waals surface area contributed by atoms with Crippen LogP contribution in [-0.2, 0) is 9.84 Å². The van der Waals surface area contributed by atoms with E-state index in [1.165, 1.54) is 6.92 Å². The maximum atomic E-state index is 11.6. The Morgan fingerprint density at radius 1 is 1.50 bits per heavy atom. The summed E-state index contributed by atoms with van der Waals surface area (Å²) >= 11 is 0. The zero-order valence-corrected chi connectivity index (χ0v) is 9.19. The highest BCUT2D eigenvalue weighted by Gasteiger charge is 2.20. The number of nitrogens with zero attached hydrogens (tertiary/aromatic N) is 2. The van der Waals surface area contributed by atoms with Gasteiger partial charge in [0.2, 0.25) is 0 Å². The smallest absolute Gasteiger partial charge is 0.258 e. The van der Waals surface area contributed by atoms with Crippen LogP contribution in [0, 0.1) is 21.4 Å². The maximum absolute atomic E-state index is 11.6. The number of hydrogen-bond acceptors (Lipinski definition) is 5. The molecule has 6 nitrogen and oxygen atoms in total. The number of nitro benzene ring substituents is 1. The van der Waals surface area contributed by atoms with Crippen molar-refractivity contribution < 1.29 is 13.3 Å². The van der Waals surface area contributed by atoms with Gasteiger partial charge in [0, 0.05) is 12.1 Å². The Bertz CT molecular complexity index is 572. The molecule has 0 saturated heterocycles. The van der Waals surface area contributed by atoms with Gasteiger partial charge in [-0.25, -0.2) is 8.42 Å². The largest absolute Gasteiger partial charge is 0.270 e. The molecule has 0 atom stereocenters. The quantitative estimate of drug-likeness (QED) is 0.584. The SMILES string of the molecule is CCS(=O)(=O)c1cc([N+](=O)[O-])ccc1C#N. The summed E-state index contributed by atoms with van der Waals surface area (Å²) in [5.41, 5.74) is -0.418. The van der Waals surface area contributed by atoms with Crippen molar-refractivity contribution in [3.63, 3.8) is 0 Å². The first-order valence-electron chi connectivity index (χ1n) is 4.33. The second-order valence-corrected chi connectivity index (χ2v) is 5.20. The van der Waals surface area contributed by atoms with E-state index in [0.717, 1.165) is 18.2 Å². The third-order valence-electron chi connectivity index (χ3n) is 2.01. The Hall–Kier alpha value is -1.94. The molecule has 0 aromatic heterocycles. The molecule has 0 aliphatic carbocycles. The minimum Gasteiger partial charge on any atom is -0.258 e. The summed E-state index contributed by atoms with van der Waals surface area (Å²) in [5, 5.41) is 19.2. The molecule has 0 fully saturated rings. The first-order chi connectivity index (χ1) is 7.42. The van der Waals surface area contributed by atoms with Crippen molar-refractivity contribution >= 4 is 15.5 Å². The van der Waals surface area contributed by atoms with Crippen LogP contribution in [0.2, 0.25) is 0 Å². The van der Waals surface area contributed by atoms with Gasteiger partial charge >= 0.3 is 0 Å². The van der Waals surface area contributed by atoms with Crippen molar-refractivity contribution in [3.8, 4) is 6.07 Å². The average Bonchev–Trinajstić information content (AvgIpc) is 2.28. The van der Waals surface area contributed by atoms with Gasteiger partial charge in [0.15, 0.2) is 9.84 Å². The minimum atomic E-state index is -3.62. The van der Waals surface area contributed by atoms with Gasteiger partial charge in [-0.3, -0.25) is 10.1 Å². The molecule has 0 spiro atoms. The van der Waals surface area contributed by atoms with Crippen LogP contribution in [0.1, 0.15) is 12.5 Å². The standard InChI is InChI=1S/C9H8N2O4S/c1-2-16(14,15)9-5-8(11(12)13)4-3-7(9)6-10/h3-5H,2H2,1H3. The molecule has 16 heavy (non-hydrogen) atoms. The first kappa shape index (κ1) is 12.1. The number of sulfone groups is 1. The van der Waals surface area contributed by atoms with Crippen LogP contribution >= 0.6 is 0 Å². The monoisotopic (exact) mass is 240 g/mol.